The van der Waals surface area contributed by atoms with Crippen LogP contribution in [0.5, 0.6) is 0 Å². The van der Waals surface area contributed by atoms with Crippen molar-refractivity contribution in [1.29, 1.82) is 0 Å². The Hall–Kier alpha value is -1.24. The molecule has 0 aromatic heterocycles. The van der Waals surface area contributed by atoms with E-state index in [2.05, 4.69) is 0 Å². The van der Waals surface area contributed by atoms with Gasteiger partial charge in [-0.1, -0.05) is 18.5 Å². The summed E-state index contributed by atoms with van der Waals surface area (Å²) in [6.07, 6.45) is 0.816. The molecule has 0 aliphatic carbocycles. The molecule has 3 rings (SSSR count). The van der Waals surface area contributed by atoms with Crippen molar-refractivity contribution in [2.45, 2.75) is 24.8 Å². The lowest BCUT2D eigenvalue weighted by Gasteiger charge is -2.34. The van der Waals surface area contributed by atoms with Crippen LogP contribution in [0.15, 0.2) is 24.3 Å². The topological polar surface area (TPSA) is 49.9 Å². The largest absolute Gasteiger partial charge is 0.378 e. The van der Waals surface area contributed by atoms with Crippen LogP contribution < -0.4 is 0 Å². The molecule has 24 heavy (non-hydrogen) atoms. The zero-order chi connectivity index (χ0) is 17.1. The average molecular weight is 369 g/mol. The van der Waals surface area contributed by atoms with Crippen LogP contribution in [0, 0.1) is 0 Å². The first kappa shape index (κ1) is 17.6. The molecule has 2 fully saturated rings. The van der Waals surface area contributed by atoms with Gasteiger partial charge in [0.25, 0.3) is 5.91 Å². The zero-order valence-corrected chi connectivity index (χ0v) is 15.2. The predicted octanol–water partition coefficient (Wildman–Crippen LogP) is 2.49. The Labute approximate surface area is 151 Å². The Morgan fingerprint density at radius 1 is 1.25 bits per heavy atom. The molecule has 2 aliphatic heterocycles. The lowest BCUT2D eigenvalue weighted by atomic mass is 10.1. The van der Waals surface area contributed by atoms with Gasteiger partial charge in [0.05, 0.1) is 18.6 Å². The SMILES string of the molecule is CCC1SCC(C(=O)N2CCOCC2)N1C(=O)c1ccc(Cl)cc1. The number of rotatable bonds is 3. The molecule has 1 aromatic rings. The summed E-state index contributed by atoms with van der Waals surface area (Å²) in [5.74, 6) is 0.577. The standard InChI is InChI=1S/C17H21ClN2O3S/c1-2-15-20(16(21)12-3-5-13(18)6-4-12)14(11-24-15)17(22)19-7-9-23-10-8-19/h3-6,14-15H,2,7-11H2,1H3. The van der Waals surface area contributed by atoms with Crippen LogP contribution in [-0.2, 0) is 9.53 Å². The summed E-state index contributed by atoms with van der Waals surface area (Å²) in [4.78, 5) is 29.5. The molecule has 130 valence electrons. The van der Waals surface area contributed by atoms with Crippen molar-refractivity contribution in [2.24, 2.45) is 0 Å². The molecule has 0 N–H and O–H groups in total. The number of thioether (sulfide) groups is 1. The summed E-state index contributed by atoms with van der Waals surface area (Å²) in [5, 5.41) is 0.624. The van der Waals surface area contributed by atoms with E-state index in [4.69, 9.17) is 16.3 Å². The summed E-state index contributed by atoms with van der Waals surface area (Å²) in [6.45, 7) is 4.36. The number of carbonyl (C=O) groups is 2. The molecule has 2 unspecified atom stereocenters. The van der Waals surface area contributed by atoms with Gasteiger partial charge in [0.2, 0.25) is 5.91 Å². The fraction of sp³-hybridized carbons (Fsp3) is 0.529. The lowest BCUT2D eigenvalue weighted by molar-refractivity contribution is -0.139. The van der Waals surface area contributed by atoms with Gasteiger partial charge in [-0.3, -0.25) is 9.59 Å². The molecule has 7 heteroatoms. The van der Waals surface area contributed by atoms with Crippen molar-refractivity contribution in [3.63, 3.8) is 0 Å². The number of hydrogen-bond acceptors (Lipinski definition) is 4. The second-order valence-electron chi connectivity index (χ2n) is 5.87. The van der Waals surface area contributed by atoms with Crippen LogP contribution in [-0.4, -0.2) is 65.1 Å². The maximum Gasteiger partial charge on any atom is 0.255 e. The van der Waals surface area contributed by atoms with E-state index >= 15 is 0 Å². The van der Waals surface area contributed by atoms with Crippen LogP contribution in [0.25, 0.3) is 0 Å². The number of morpholine rings is 1. The summed E-state index contributed by atoms with van der Waals surface area (Å²) in [5.41, 5.74) is 0.570. The quantitative estimate of drug-likeness (QED) is 0.822. The van der Waals surface area contributed by atoms with Gasteiger partial charge in [-0.05, 0) is 30.7 Å². The Morgan fingerprint density at radius 3 is 2.54 bits per heavy atom. The maximum atomic E-state index is 13.0. The first-order valence-electron chi connectivity index (χ1n) is 8.18. The molecule has 2 saturated heterocycles. The molecule has 0 radical (unpaired) electrons. The van der Waals surface area contributed by atoms with Gasteiger partial charge in [-0.25, -0.2) is 0 Å². The van der Waals surface area contributed by atoms with Gasteiger partial charge in [0.15, 0.2) is 0 Å². The number of hydrogen-bond donors (Lipinski definition) is 0. The third kappa shape index (κ3) is 3.55. The van der Waals surface area contributed by atoms with Crippen molar-refractivity contribution >= 4 is 35.2 Å². The highest BCUT2D eigenvalue weighted by Gasteiger charge is 2.42. The Balaban J connectivity index is 1.81. The molecule has 2 aliphatic rings. The normalized spacial score (nSPS) is 24.2. The van der Waals surface area contributed by atoms with Gasteiger partial charge in [-0.2, -0.15) is 0 Å². The van der Waals surface area contributed by atoms with Crippen molar-refractivity contribution in [1.82, 2.24) is 9.80 Å². The molecule has 0 bridgehead atoms. The number of amides is 2. The molecule has 1 aromatic carbocycles. The first-order valence-corrected chi connectivity index (χ1v) is 9.61. The van der Waals surface area contributed by atoms with E-state index in [9.17, 15) is 9.59 Å². The highest BCUT2D eigenvalue weighted by atomic mass is 35.5. The van der Waals surface area contributed by atoms with Crippen LogP contribution in [0.2, 0.25) is 5.02 Å². The lowest BCUT2D eigenvalue weighted by Crippen LogP contribution is -2.53. The highest BCUT2D eigenvalue weighted by molar-refractivity contribution is 8.00. The van der Waals surface area contributed by atoms with Crippen LogP contribution in [0.4, 0.5) is 0 Å². The summed E-state index contributed by atoms with van der Waals surface area (Å²) >= 11 is 7.59. The second kappa shape index (κ2) is 7.76. The van der Waals surface area contributed by atoms with Gasteiger partial charge in [-0.15, -0.1) is 11.8 Å². The Morgan fingerprint density at radius 2 is 1.92 bits per heavy atom. The number of benzene rings is 1. The number of ether oxygens (including phenoxy) is 1. The van der Waals surface area contributed by atoms with Crippen LogP contribution in [0.1, 0.15) is 23.7 Å². The van der Waals surface area contributed by atoms with Gasteiger partial charge < -0.3 is 14.5 Å². The summed E-state index contributed by atoms with van der Waals surface area (Å²) in [6, 6.07) is 6.45. The minimum absolute atomic E-state index is 0.0307. The molecular weight excluding hydrogens is 348 g/mol. The fourth-order valence-electron chi connectivity index (χ4n) is 3.08. The van der Waals surface area contributed by atoms with E-state index in [0.717, 1.165) is 6.42 Å². The van der Waals surface area contributed by atoms with E-state index in [1.165, 1.54) is 0 Å². The molecule has 0 spiro atoms. The highest BCUT2D eigenvalue weighted by Crippen LogP contribution is 2.33. The molecule has 2 atom stereocenters. The predicted molar refractivity (Wildman–Crippen MR) is 95.3 cm³/mol. The minimum atomic E-state index is -0.402. The van der Waals surface area contributed by atoms with Gasteiger partial charge >= 0.3 is 0 Å². The van der Waals surface area contributed by atoms with E-state index in [-0.39, 0.29) is 17.2 Å². The van der Waals surface area contributed by atoms with Gasteiger partial charge in [0, 0.05) is 29.4 Å². The second-order valence-corrected chi connectivity index (χ2v) is 7.52. The van der Waals surface area contributed by atoms with E-state index < -0.39 is 6.04 Å². The van der Waals surface area contributed by atoms with Gasteiger partial charge in [0.1, 0.15) is 6.04 Å². The summed E-state index contributed by atoms with van der Waals surface area (Å²) < 4.78 is 5.32. The number of halogens is 1. The van der Waals surface area contributed by atoms with E-state index in [0.29, 0.717) is 42.6 Å². The van der Waals surface area contributed by atoms with Crippen LogP contribution >= 0.6 is 23.4 Å². The maximum absolute atomic E-state index is 13.0. The molecule has 2 heterocycles. The molecule has 0 saturated carbocycles. The van der Waals surface area contributed by atoms with Crippen LogP contribution in [0.3, 0.4) is 0 Å². The number of carbonyl (C=O) groups excluding carboxylic acids is 2. The monoisotopic (exact) mass is 368 g/mol. The molecular formula is C17H21ClN2O3S. The zero-order valence-electron chi connectivity index (χ0n) is 13.6. The smallest absolute Gasteiger partial charge is 0.255 e. The van der Waals surface area contributed by atoms with Crippen molar-refractivity contribution in [3.05, 3.63) is 34.9 Å². The third-order valence-electron chi connectivity index (χ3n) is 4.38. The van der Waals surface area contributed by atoms with E-state index in [1.54, 1.807) is 40.9 Å². The van der Waals surface area contributed by atoms with Crippen molar-refractivity contribution < 1.29 is 14.3 Å². The molecule has 5 nitrogen and oxygen atoms in total. The summed E-state index contributed by atoms with van der Waals surface area (Å²) in [7, 11) is 0. The average Bonchev–Trinajstić information content (AvgIpc) is 3.06. The Bertz CT molecular complexity index is 604. The fourth-order valence-corrected chi connectivity index (χ4v) is 4.55. The Kier molecular flexibility index (Phi) is 5.69. The van der Waals surface area contributed by atoms with E-state index in [1.807, 2.05) is 11.8 Å². The minimum Gasteiger partial charge on any atom is -0.378 e. The number of nitrogens with zero attached hydrogens (tertiary/aromatic N) is 2. The van der Waals surface area contributed by atoms with Crippen molar-refractivity contribution in [2.75, 3.05) is 32.1 Å². The first-order chi connectivity index (χ1) is 11.6. The van der Waals surface area contributed by atoms with Crippen molar-refractivity contribution in [3.8, 4) is 0 Å². The molecule has 2 amide bonds. The third-order valence-corrected chi connectivity index (χ3v) is 6.08.